The van der Waals surface area contributed by atoms with Gasteiger partial charge in [-0.05, 0) is 12.3 Å². The van der Waals surface area contributed by atoms with Crippen molar-refractivity contribution in [1.29, 1.82) is 0 Å². The lowest BCUT2D eigenvalue weighted by atomic mass is 9.84. The number of ketones is 1. The minimum absolute atomic E-state index is 0.0593. The van der Waals surface area contributed by atoms with E-state index in [1.807, 2.05) is 6.92 Å². The molecule has 0 fully saturated rings. The standard InChI is InChI=1S/C10H12O3/c1-6-5-9(12)13-8-4-2-3-7(11)10(6)8/h6H,2-5H2,1H3/t6-/m0/s1. The highest BCUT2D eigenvalue weighted by Gasteiger charge is 2.32. The number of Topliss-reactive ketones (excluding diaryl/α,β-unsaturated/α-hetero) is 1. The van der Waals surface area contributed by atoms with Gasteiger partial charge in [-0.15, -0.1) is 0 Å². The second kappa shape index (κ2) is 2.98. The largest absolute Gasteiger partial charge is 0.431 e. The molecule has 0 unspecified atom stereocenters. The highest BCUT2D eigenvalue weighted by molar-refractivity contribution is 5.98. The van der Waals surface area contributed by atoms with Gasteiger partial charge in [0, 0.05) is 18.4 Å². The Morgan fingerprint density at radius 3 is 2.85 bits per heavy atom. The first kappa shape index (κ1) is 8.48. The van der Waals surface area contributed by atoms with Crippen LogP contribution in [0.15, 0.2) is 11.3 Å². The van der Waals surface area contributed by atoms with Crippen LogP contribution in [0.5, 0.6) is 0 Å². The fourth-order valence-corrected chi connectivity index (χ4v) is 2.02. The second-order valence-electron chi connectivity index (χ2n) is 3.69. The SMILES string of the molecule is C[C@H]1CC(=O)OC2=C1C(=O)CCC2. The Hall–Kier alpha value is -1.12. The van der Waals surface area contributed by atoms with Gasteiger partial charge in [0.25, 0.3) is 0 Å². The summed E-state index contributed by atoms with van der Waals surface area (Å²) in [5.41, 5.74) is 0.769. The molecular formula is C10H12O3. The predicted octanol–water partition coefficient (Wildman–Crippen LogP) is 1.58. The number of hydrogen-bond acceptors (Lipinski definition) is 3. The van der Waals surface area contributed by atoms with E-state index < -0.39 is 0 Å². The van der Waals surface area contributed by atoms with Crippen LogP contribution in [0.2, 0.25) is 0 Å². The summed E-state index contributed by atoms with van der Waals surface area (Å²) in [6, 6.07) is 0. The van der Waals surface area contributed by atoms with E-state index in [9.17, 15) is 9.59 Å². The average molecular weight is 180 g/mol. The lowest BCUT2D eigenvalue weighted by Crippen LogP contribution is -2.27. The summed E-state index contributed by atoms with van der Waals surface area (Å²) in [5.74, 6) is 0.672. The smallest absolute Gasteiger partial charge is 0.311 e. The van der Waals surface area contributed by atoms with E-state index in [0.717, 1.165) is 18.4 Å². The van der Waals surface area contributed by atoms with Crippen molar-refractivity contribution in [3.63, 3.8) is 0 Å². The molecule has 0 aromatic heterocycles. The second-order valence-corrected chi connectivity index (χ2v) is 3.69. The molecule has 0 radical (unpaired) electrons. The zero-order valence-electron chi connectivity index (χ0n) is 7.63. The lowest BCUT2D eigenvalue weighted by Gasteiger charge is -2.27. The zero-order chi connectivity index (χ0) is 9.42. The Balaban J connectivity index is 2.38. The molecule has 0 aromatic rings. The van der Waals surface area contributed by atoms with Crippen LogP contribution in [0.1, 0.15) is 32.6 Å². The molecule has 2 rings (SSSR count). The Morgan fingerprint density at radius 2 is 2.08 bits per heavy atom. The van der Waals surface area contributed by atoms with Crippen LogP contribution in [0.3, 0.4) is 0 Å². The third-order valence-electron chi connectivity index (χ3n) is 2.61. The first-order valence-corrected chi connectivity index (χ1v) is 4.65. The van der Waals surface area contributed by atoms with E-state index in [4.69, 9.17) is 4.74 Å². The van der Waals surface area contributed by atoms with Gasteiger partial charge in [-0.25, -0.2) is 0 Å². The van der Waals surface area contributed by atoms with Crippen LogP contribution in [0.4, 0.5) is 0 Å². The van der Waals surface area contributed by atoms with E-state index in [2.05, 4.69) is 0 Å². The quantitative estimate of drug-likeness (QED) is 0.531. The number of rotatable bonds is 0. The van der Waals surface area contributed by atoms with Crippen molar-refractivity contribution in [3.8, 4) is 0 Å². The molecule has 3 heteroatoms. The molecule has 0 saturated carbocycles. The van der Waals surface area contributed by atoms with Gasteiger partial charge in [0.2, 0.25) is 0 Å². The van der Waals surface area contributed by atoms with Gasteiger partial charge >= 0.3 is 5.97 Å². The van der Waals surface area contributed by atoms with Crippen LogP contribution < -0.4 is 0 Å². The number of esters is 1. The summed E-state index contributed by atoms with van der Waals surface area (Å²) < 4.78 is 5.05. The van der Waals surface area contributed by atoms with E-state index in [1.165, 1.54) is 0 Å². The van der Waals surface area contributed by atoms with E-state index in [-0.39, 0.29) is 17.7 Å². The van der Waals surface area contributed by atoms with Crippen molar-refractivity contribution >= 4 is 11.8 Å². The van der Waals surface area contributed by atoms with E-state index >= 15 is 0 Å². The van der Waals surface area contributed by atoms with Gasteiger partial charge in [-0.3, -0.25) is 9.59 Å². The first-order valence-electron chi connectivity index (χ1n) is 4.65. The summed E-state index contributed by atoms with van der Waals surface area (Å²) in [6.45, 7) is 1.92. The monoisotopic (exact) mass is 180 g/mol. The molecule has 0 spiro atoms. The molecule has 1 atom stereocenters. The Kier molecular flexibility index (Phi) is 1.94. The minimum atomic E-state index is -0.194. The summed E-state index contributed by atoms with van der Waals surface area (Å²) in [6.07, 6.45) is 2.53. The molecule has 13 heavy (non-hydrogen) atoms. The maximum Gasteiger partial charge on any atom is 0.311 e. The predicted molar refractivity (Wildman–Crippen MR) is 45.8 cm³/mol. The van der Waals surface area contributed by atoms with Crippen LogP contribution in [-0.2, 0) is 14.3 Å². The van der Waals surface area contributed by atoms with E-state index in [0.29, 0.717) is 18.6 Å². The Bertz CT molecular complexity index is 301. The van der Waals surface area contributed by atoms with Crippen molar-refractivity contribution < 1.29 is 14.3 Å². The molecule has 1 heterocycles. The number of carbonyl (C=O) groups excluding carboxylic acids is 2. The number of ether oxygens (including phenoxy) is 1. The third kappa shape index (κ3) is 1.39. The van der Waals surface area contributed by atoms with Crippen molar-refractivity contribution in [3.05, 3.63) is 11.3 Å². The summed E-state index contributed by atoms with van der Waals surface area (Å²) in [7, 11) is 0. The Morgan fingerprint density at radius 1 is 1.31 bits per heavy atom. The topological polar surface area (TPSA) is 43.4 Å². The summed E-state index contributed by atoms with van der Waals surface area (Å²) in [5, 5.41) is 0. The molecule has 0 N–H and O–H groups in total. The summed E-state index contributed by atoms with van der Waals surface area (Å²) in [4.78, 5) is 22.6. The Labute approximate surface area is 76.8 Å². The molecule has 3 nitrogen and oxygen atoms in total. The van der Waals surface area contributed by atoms with Gasteiger partial charge in [-0.2, -0.15) is 0 Å². The molecule has 2 aliphatic rings. The molecule has 0 saturated heterocycles. The zero-order valence-corrected chi connectivity index (χ0v) is 7.63. The highest BCUT2D eigenvalue weighted by Crippen LogP contribution is 2.33. The molecule has 0 aromatic carbocycles. The number of allylic oxidation sites excluding steroid dienone is 2. The third-order valence-corrected chi connectivity index (χ3v) is 2.61. The maximum absolute atomic E-state index is 11.5. The van der Waals surface area contributed by atoms with Gasteiger partial charge in [0.1, 0.15) is 5.76 Å². The number of hydrogen-bond donors (Lipinski definition) is 0. The van der Waals surface area contributed by atoms with Crippen molar-refractivity contribution in [2.24, 2.45) is 5.92 Å². The molecular weight excluding hydrogens is 168 g/mol. The van der Waals surface area contributed by atoms with Gasteiger partial charge in [0.05, 0.1) is 6.42 Å². The molecule has 0 bridgehead atoms. The van der Waals surface area contributed by atoms with Gasteiger partial charge < -0.3 is 4.74 Å². The van der Waals surface area contributed by atoms with Crippen LogP contribution in [-0.4, -0.2) is 11.8 Å². The van der Waals surface area contributed by atoms with Crippen LogP contribution >= 0.6 is 0 Å². The van der Waals surface area contributed by atoms with Crippen LogP contribution in [0, 0.1) is 5.92 Å². The fraction of sp³-hybridized carbons (Fsp3) is 0.600. The van der Waals surface area contributed by atoms with E-state index in [1.54, 1.807) is 0 Å². The van der Waals surface area contributed by atoms with Gasteiger partial charge in [-0.1, -0.05) is 6.92 Å². The van der Waals surface area contributed by atoms with Crippen molar-refractivity contribution in [2.45, 2.75) is 32.6 Å². The molecule has 70 valence electrons. The van der Waals surface area contributed by atoms with Crippen molar-refractivity contribution in [2.75, 3.05) is 0 Å². The average Bonchev–Trinajstić information content (AvgIpc) is 2.02. The lowest BCUT2D eigenvalue weighted by molar-refractivity contribution is -0.142. The minimum Gasteiger partial charge on any atom is -0.431 e. The molecule has 1 aliphatic heterocycles. The number of carbonyl (C=O) groups is 2. The highest BCUT2D eigenvalue weighted by atomic mass is 16.5. The van der Waals surface area contributed by atoms with Gasteiger partial charge in [0.15, 0.2) is 5.78 Å². The fourth-order valence-electron chi connectivity index (χ4n) is 2.02. The summed E-state index contributed by atoms with van der Waals surface area (Å²) >= 11 is 0. The molecule has 0 amide bonds. The van der Waals surface area contributed by atoms with Crippen molar-refractivity contribution in [1.82, 2.24) is 0 Å². The first-order chi connectivity index (χ1) is 6.18. The normalized spacial score (nSPS) is 28.5. The maximum atomic E-state index is 11.5. The van der Waals surface area contributed by atoms with Crippen LogP contribution in [0.25, 0.3) is 0 Å². The molecule has 1 aliphatic carbocycles.